The number of hydrogen-bond acceptors (Lipinski definition) is 5. The Balaban J connectivity index is 1.88. The molecule has 1 aromatic heterocycles. The van der Waals surface area contributed by atoms with Crippen molar-refractivity contribution in [2.45, 2.75) is 39.7 Å². The molecule has 2 aromatic rings. The van der Waals surface area contributed by atoms with E-state index < -0.39 is 35.8 Å². The molecule has 0 spiro atoms. The number of aryl methyl sites for hydroxylation is 1. The third-order valence-electron chi connectivity index (χ3n) is 5.47. The van der Waals surface area contributed by atoms with Crippen LogP contribution in [0.2, 0.25) is 0 Å². The highest BCUT2D eigenvalue weighted by molar-refractivity contribution is 6.12. The number of Topliss-reactive ketones (excluding diaryl/α,β-unsaturated/α-hetero) is 1. The highest BCUT2D eigenvalue weighted by Gasteiger charge is 2.51. The Kier molecular flexibility index (Phi) is 5.78. The van der Waals surface area contributed by atoms with Crippen LogP contribution >= 0.6 is 0 Å². The number of carbonyl (C=O) groups is 4. The molecule has 3 amide bonds. The van der Waals surface area contributed by atoms with E-state index in [4.69, 9.17) is 4.74 Å². The topological polar surface area (TPSA) is 109 Å². The minimum atomic E-state index is -1.20. The number of amides is 3. The van der Waals surface area contributed by atoms with Gasteiger partial charge >= 0.3 is 12.0 Å². The largest absolute Gasteiger partial charge is 0.462 e. The van der Waals surface area contributed by atoms with E-state index in [2.05, 4.69) is 10.3 Å². The van der Waals surface area contributed by atoms with Gasteiger partial charge in [0.15, 0.2) is 5.78 Å². The van der Waals surface area contributed by atoms with E-state index in [1.54, 1.807) is 52.0 Å². The molecule has 1 atom stereocenters. The molecule has 158 valence electrons. The van der Waals surface area contributed by atoms with Crippen LogP contribution in [-0.4, -0.2) is 46.7 Å². The number of carbonyl (C=O) groups excluding carboxylic acids is 4. The van der Waals surface area contributed by atoms with Crippen LogP contribution in [0.5, 0.6) is 0 Å². The van der Waals surface area contributed by atoms with E-state index in [9.17, 15) is 19.2 Å². The summed E-state index contributed by atoms with van der Waals surface area (Å²) < 4.78 is 5.04. The third kappa shape index (κ3) is 3.38. The zero-order valence-corrected chi connectivity index (χ0v) is 17.5. The number of ether oxygens (including phenoxy) is 1. The number of urea groups is 1. The summed E-state index contributed by atoms with van der Waals surface area (Å²) in [7, 11) is 0. The second-order valence-corrected chi connectivity index (χ2v) is 7.22. The minimum absolute atomic E-state index is 0.185. The van der Waals surface area contributed by atoms with Gasteiger partial charge in [-0.25, -0.2) is 9.59 Å². The lowest BCUT2D eigenvalue weighted by Crippen LogP contribution is -2.43. The van der Waals surface area contributed by atoms with Gasteiger partial charge < -0.3 is 15.0 Å². The number of nitrogens with zero attached hydrogens (tertiary/aromatic N) is 1. The van der Waals surface area contributed by atoms with Crippen molar-refractivity contribution in [2.24, 2.45) is 0 Å². The van der Waals surface area contributed by atoms with Crippen molar-refractivity contribution in [3.05, 3.63) is 58.4 Å². The van der Waals surface area contributed by atoms with Gasteiger partial charge in [-0.2, -0.15) is 0 Å². The number of hydrogen-bond donors (Lipinski definition) is 2. The summed E-state index contributed by atoms with van der Waals surface area (Å²) in [4.78, 5) is 54.7. The summed E-state index contributed by atoms with van der Waals surface area (Å²) in [6.45, 7) is 6.60. The van der Waals surface area contributed by atoms with Crippen LogP contribution in [0, 0.1) is 13.8 Å². The van der Waals surface area contributed by atoms with Crippen molar-refractivity contribution >= 4 is 23.7 Å². The van der Waals surface area contributed by atoms with Crippen molar-refractivity contribution in [2.75, 3.05) is 13.2 Å². The Morgan fingerprint density at radius 3 is 2.37 bits per heavy atom. The smallest absolute Gasteiger partial charge is 0.340 e. The Hall–Kier alpha value is -3.42. The van der Waals surface area contributed by atoms with Gasteiger partial charge in [-0.3, -0.25) is 14.5 Å². The molecule has 0 radical (unpaired) electrons. The number of rotatable bonds is 7. The third-order valence-corrected chi connectivity index (χ3v) is 5.47. The number of aromatic nitrogens is 1. The molecule has 0 bridgehead atoms. The molecular weight excluding hydrogens is 386 g/mol. The zero-order valence-electron chi connectivity index (χ0n) is 17.5. The van der Waals surface area contributed by atoms with E-state index in [1.165, 1.54) is 0 Å². The van der Waals surface area contributed by atoms with Crippen molar-refractivity contribution in [3.8, 4) is 0 Å². The fourth-order valence-corrected chi connectivity index (χ4v) is 3.89. The zero-order chi connectivity index (χ0) is 22.1. The molecular formula is C22H25N3O5. The molecule has 1 fully saturated rings. The normalized spacial score (nSPS) is 18.5. The van der Waals surface area contributed by atoms with Gasteiger partial charge in [-0.15, -0.1) is 0 Å². The van der Waals surface area contributed by atoms with E-state index in [1.807, 2.05) is 6.07 Å². The lowest BCUT2D eigenvalue weighted by atomic mass is 9.87. The first kappa shape index (κ1) is 21.3. The SMILES string of the molecule is CCOC(=O)c1c(C)[nH]c(C(=O)CN2C(=O)N[C@@](CC)(c3ccccc3)C2=O)c1C. The Bertz CT molecular complexity index is 1010. The first-order valence-electron chi connectivity index (χ1n) is 9.85. The number of nitrogens with one attached hydrogen (secondary N) is 2. The summed E-state index contributed by atoms with van der Waals surface area (Å²) in [6.07, 6.45) is 0.347. The second kappa shape index (κ2) is 8.14. The van der Waals surface area contributed by atoms with E-state index >= 15 is 0 Å². The van der Waals surface area contributed by atoms with Crippen LogP contribution in [-0.2, 0) is 15.1 Å². The average molecular weight is 411 g/mol. The fourth-order valence-electron chi connectivity index (χ4n) is 3.89. The molecule has 1 aliphatic heterocycles. The highest BCUT2D eigenvalue weighted by Crippen LogP contribution is 2.32. The van der Waals surface area contributed by atoms with Crippen LogP contribution in [0.1, 0.15) is 57.9 Å². The predicted molar refractivity (Wildman–Crippen MR) is 109 cm³/mol. The number of benzene rings is 1. The second-order valence-electron chi connectivity index (χ2n) is 7.22. The monoisotopic (exact) mass is 411 g/mol. The van der Waals surface area contributed by atoms with Gasteiger partial charge in [0.25, 0.3) is 5.91 Å². The van der Waals surface area contributed by atoms with Crippen LogP contribution in [0.3, 0.4) is 0 Å². The maximum absolute atomic E-state index is 13.2. The highest BCUT2D eigenvalue weighted by atomic mass is 16.5. The predicted octanol–water partition coefficient (Wildman–Crippen LogP) is 2.85. The number of imide groups is 1. The Labute approximate surface area is 174 Å². The first-order chi connectivity index (χ1) is 14.3. The molecule has 1 aromatic carbocycles. The van der Waals surface area contributed by atoms with Gasteiger partial charge in [0.05, 0.1) is 24.4 Å². The number of esters is 1. The lowest BCUT2D eigenvalue weighted by molar-refractivity contribution is -0.131. The maximum atomic E-state index is 13.2. The van der Waals surface area contributed by atoms with Crippen LogP contribution in [0.4, 0.5) is 4.79 Å². The van der Waals surface area contributed by atoms with Crippen LogP contribution in [0.15, 0.2) is 30.3 Å². The van der Waals surface area contributed by atoms with Crippen molar-refractivity contribution in [3.63, 3.8) is 0 Å². The molecule has 0 saturated carbocycles. The Morgan fingerprint density at radius 2 is 1.77 bits per heavy atom. The van der Waals surface area contributed by atoms with Crippen molar-refractivity contribution in [1.29, 1.82) is 0 Å². The number of aromatic amines is 1. The molecule has 1 saturated heterocycles. The summed E-state index contributed by atoms with van der Waals surface area (Å²) >= 11 is 0. The summed E-state index contributed by atoms with van der Waals surface area (Å²) in [5, 5.41) is 2.76. The summed E-state index contributed by atoms with van der Waals surface area (Å²) in [5.74, 6) is -1.46. The molecule has 30 heavy (non-hydrogen) atoms. The van der Waals surface area contributed by atoms with Crippen molar-refractivity contribution < 1.29 is 23.9 Å². The van der Waals surface area contributed by atoms with Crippen LogP contribution in [0.25, 0.3) is 0 Å². The van der Waals surface area contributed by atoms with E-state index in [0.717, 1.165) is 4.90 Å². The van der Waals surface area contributed by atoms with Gasteiger partial charge in [-0.1, -0.05) is 37.3 Å². The first-order valence-corrected chi connectivity index (χ1v) is 9.85. The van der Waals surface area contributed by atoms with Gasteiger partial charge in [0.1, 0.15) is 5.54 Å². The molecule has 8 heteroatoms. The number of ketones is 1. The van der Waals surface area contributed by atoms with E-state index in [0.29, 0.717) is 28.8 Å². The van der Waals surface area contributed by atoms with Crippen LogP contribution < -0.4 is 5.32 Å². The molecule has 3 rings (SSSR count). The molecule has 0 aliphatic carbocycles. The maximum Gasteiger partial charge on any atom is 0.340 e. The molecule has 8 nitrogen and oxygen atoms in total. The summed E-state index contributed by atoms with van der Waals surface area (Å²) in [6, 6.07) is 8.34. The summed E-state index contributed by atoms with van der Waals surface area (Å²) in [5.41, 5.74) is 0.883. The minimum Gasteiger partial charge on any atom is -0.462 e. The van der Waals surface area contributed by atoms with Gasteiger partial charge in [-0.05, 0) is 38.3 Å². The quantitative estimate of drug-likeness (QED) is 0.414. The van der Waals surface area contributed by atoms with Crippen molar-refractivity contribution in [1.82, 2.24) is 15.2 Å². The Morgan fingerprint density at radius 1 is 1.10 bits per heavy atom. The standard InChI is InChI=1S/C22H25N3O5/c1-5-22(15-10-8-7-9-11-15)20(28)25(21(29)24-22)12-16(26)18-13(3)17(14(4)23-18)19(27)30-6-2/h7-11,23H,5-6,12H2,1-4H3,(H,24,29)/t22-/m0/s1. The van der Waals surface area contributed by atoms with Gasteiger partial charge in [0.2, 0.25) is 0 Å². The number of H-pyrrole nitrogens is 1. The average Bonchev–Trinajstić information content (AvgIpc) is 3.16. The molecule has 1 aliphatic rings. The fraction of sp³-hybridized carbons (Fsp3) is 0.364. The molecule has 2 N–H and O–H groups in total. The molecule has 2 heterocycles. The lowest BCUT2D eigenvalue weighted by Gasteiger charge is -2.25. The molecule has 0 unspecified atom stereocenters. The van der Waals surface area contributed by atoms with Gasteiger partial charge in [0, 0.05) is 5.69 Å². The van der Waals surface area contributed by atoms with E-state index in [-0.39, 0.29) is 12.3 Å².